The second kappa shape index (κ2) is 10.2. The minimum absolute atomic E-state index is 0.104. The van der Waals surface area contributed by atoms with Crippen molar-refractivity contribution >= 4 is 17.9 Å². The highest BCUT2D eigenvalue weighted by Crippen LogP contribution is 2.23. The average Bonchev–Trinajstić information content (AvgIpc) is 2.52. The van der Waals surface area contributed by atoms with Crippen LogP contribution in [-0.4, -0.2) is 47.1 Å². The van der Waals surface area contributed by atoms with Crippen LogP contribution in [0.5, 0.6) is 5.75 Å². The van der Waals surface area contributed by atoms with E-state index in [9.17, 15) is 14.4 Å². The van der Waals surface area contributed by atoms with Crippen molar-refractivity contribution in [1.29, 1.82) is 5.26 Å². The van der Waals surface area contributed by atoms with Crippen molar-refractivity contribution in [2.24, 2.45) is 0 Å². The summed E-state index contributed by atoms with van der Waals surface area (Å²) >= 11 is 0. The van der Waals surface area contributed by atoms with E-state index in [-0.39, 0.29) is 25.4 Å². The van der Waals surface area contributed by atoms with Crippen LogP contribution >= 0.6 is 0 Å². The van der Waals surface area contributed by atoms with Gasteiger partial charge in [-0.3, -0.25) is 19.3 Å². The second-order valence-corrected chi connectivity index (χ2v) is 8.85. The normalized spacial score (nSPS) is 11.6. The maximum atomic E-state index is 12.3. The Hall–Kier alpha value is -2.92. The Bertz CT molecular complexity index is 798. The Kier molecular flexibility index (Phi) is 8.55. The highest BCUT2D eigenvalue weighted by Gasteiger charge is 2.24. The summed E-state index contributed by atoms with van der Waals surface area (Å²) in [5.74, 6) is -1.36. The summed E-state index contributed by atoms with van der Waals surface area (Å²) in [7, 11) is 0. The summed E-state index contributed by atoms with van der Waals surface area (Å²) in [4.78, 5) is 37.7. The van der Waals surface area contributed by atoms with E-state index in [4.69, 9.17) is 19.5 Å². The van der Waals surface area contributed by atoms with Crippen LogP contribution in [0.1, 0.15) is 59.6 Å². The van der Waals surface area contributed by atoms with E-state index in [1.807, 2.05) is 6.07 Å². The van der Waals surface area contributed by atoms with E-state index < -0.39 is 29.1 Å². The molecule has 30 heavy (non-hydrogen) atoms. The van der Waals surface area contributed by atoms with Gasteiger partial charge in [0.25, 0.3) is 0 Å². The van der Waals surface area contributed by atoms with Crippen LogP contribution in [-0.2, 0) is 30.4 Å². The van der Waals surface area contributed by atoms with E-state index >= 15 is 0 Å². The first-order valence-electron chi connectivity index (χ1n) is 9.56. The SMILES string of the molecule is CC(=O)Oc1cc(C#N)ccc1CN(CC(=O)OC(C)(C)C)CC(=O)OC(C)(C)C. The Labute approximate surface area is 177 Å². The summed E-state index contributed by atoms with van der Waals surface area (Å²) in [6.45, 7) is 11.5. The molecule has 1 rings (SSSR count). The zero-order valence-corrected chi connectivity index (χ0v) is 18.7. The fourth-order valence-electron chi connectivity index (χ4n) is 2.53. The number of nitriles is 1. The lowest BCUT2D eigenvalue weighted by Gasteiger charge is -2.26. The Balaban J connectivity index is 3.12. The van der Waals surface area contributed by atoms with Crippen LogP contribution in [0.2, 0.25) is 0 Å². The maximum Gasteiger partial charge on any atom is 0.320 e. The molecule has 0 spiro atoms. The van der Waals surface area contributed by atoms with Gasteiger partial charge in [0.1, 0.15) is 17.0 Å². The highest BCUT2D eigenvalue weighted by atomic mass is 16.6. The Morgan fingerprint density at radius 3 is 1.87 bits per heavy atom. The van der Waals surface area contributed by atoms with E-state index in [1.54, 1.807) is 53.7 Å². The average molecular weight is 418 g/mol. The van der Waals surface area contributed by atoms with E-state index in [2.05, 4.69) is 0 Å². The molecule has 1 aromatic rings. The lowest BCUT2D eigenvalue weighted by molar-refractivity contribution is -0.160. The predicted octanol–water partition coefficient (Wildman–Crippen LogP) is 2.97. The van der Waals surface area contributed by atoms with Crippen molar-refractivity contribution in [1.82, 2.24) is 4.90 Å². The fourth-order valence-corrected chi connectivity index (χ4v) is 2.53. The molecular weight excluding hydrogens is 388 g/mol. The molecule has 8 heteroatoms. The number of nitrogens with zero attached hydrogens (tertiary/aromatic N) is 2. The molecule has 0 saturated carbocycles. The van der Waals surface area contributed by atoms with Crippen molar-refractivity contribution in [3.8, 4) is 11.8 Å². The number of esters is 3. The quantitative estimate of drug-likeness (QED) is 0.491. The number of hydrogen-bond donors (Lipinski definition) is 0. The van der Waals surface area contributed by atoms with Gasteiger partial charge in [-0.1, -0.05) is 6.07 Å². The van der Waals surface area contributed by atoms with E-state index in [0.717, 1.165) is 0 Å². The number of ether oxygens (including phenoxy) is 3. The van der Waals surface area contributed by atoms with Crippen molar-refractivity contribution < 1.29 is 28.6 Å². The van der Waals surface area contributed by atoms with Gasteiger partial charge in [-0.25, -0.2) is 0 Å². The molecule has 0 unspecified atom stereocenters. The van der Waals surface area contributed by atoms with E-state index in [0.29, 0.717) is 11.1 Å². The third-order valence-corrected chi connectivity index (χ3v) is 3.39. The summed E-state index contributed by atoms with van der Waals surface area (Å²) in [5.41, 5.74) is -0.491. The standard InChI is InChI=1S/C22H30N2O6/c1-15(25)28-18-10-16(11-23)8-9-17(18)12-24(13-19(26)29-21(2,3)4)14-20(27)30-22(5,6)7/h8-10H,12-14H2,1-7H3. The van der Waals surface area contributed by atoms with Gasteiger partial charge >= 0.3 is 17.9 Å². The van der Waals surface area contributed by atoms with Crippen molar-refractivity contribution in [2.45, 2.75) is 66.2 Å². The number of carbonyl (C=O) groups is 3. The maximum absolute atomic E-state index is 12.3. The molecule has 8 nitrogen and oxygen atoms in total. The van der Waals surface area contributed by atoms with Crippen LogP contribution in [0, 0.1) is 11.3 Å². The van der Waals surface area contributed by atoms with Gasteiger partial charge in [0.2, 0.25) is 0 Å². The number of carbonyl (C=O) groups excluding carboxylic acids is 3. The molecule has 0 N–H and O–H groups in total. The van der Waals surface area contributed by atoms with Gasteiger partial charge in [0, 0.05) is 19.0 Å². The molecule has 0 bridgehead atoms. The molecule has 0 fully saturated rings. The van der Waals surface area contributed by atoms with Gasteiger partial charge in [-0.2, -0.15) is 5.26 Å². The molecule has 0 radical (unpaired) electrons. The first kappa shape index (κ1) is 25.1. The Morgan fingerprint density at radius 1 is 0.967 bits per heavy atom. The van der Waals surface area contributed by atoms with Crippen molar-refractivity contribution in [3.63, 3.8) is 0 Å². The number of rotatable bonds is 7. The molecule has 1 aromatic carbocycles. The summed E-state index contributed by atoms with van der Waals surface area (Å²) in [5, 5.41) is 9.10. The topological polar surface area (TPSA) is 106 Å². The second-order valence-electron chi connectivity index (χ2n) is 8.85. The number of hydrogen-bond acceptors (Lipinski definition) is 8. The third kappa shape index (κ3) is 10.0. The molecule has 0 saturated heterocycles. The monoisotopic (exact) mass is 418 g/mol. The molecule has 0 aromatic heterocycles. The Morgan fingerprint density at radius 2 is 1.47 bits per heavy atom. The van der Waals surface area contributed by atoms with Crippen LogP contribution in [0.25, 0.3) is 0 Å². The minimum atomic E-state index is -0.675. The highest BCUT2D eigenvalue weighted by molar-refractivity contribution is 5.75. The van der Waals surface area contributed by atoms with Crippen LogP contribution in [0.3, 0.4) is 0 Å². The molecule has 0 aliphatic carbocycles. The van der Waals surface area contributed by atoms with Crippen molar-refractivity contribution in [2.75, 3.05) is 13.1 Å². The number of benzene rings is 1. The lowest BCUT2D eigenvalue weighted by atomic mass is 10.1. The largest absolute Gasteiger partial charge is 0.459 e. The van der Waals surface area contributed by atoms with Gasteiger partial charge in [-0.15, -0.1) is 0 Å². The minimum Gasteiger partial charge on any atom is -0.459 e. The predicted molar refractivity (Wildman–Crippen MR) is 109 cm³/mol. The van der Waals surface area contributed by atoms with Crippen LogP contribution in [0.15, 0.2) is 18.2 Å². The third-order valence-electron chi connectivity index (χ3n) is 3.39. The smallest absolute Gasteiger partial charge is 0.320 e. The lowest BCUT2D eigenvalue weighted by Crippen LogP contribution is -2.39. The molecule has 0 aliphatic heterocycles. The van der Waals surface area contributed by atoms with Crippen LogP contribution < -0.4 is 4.74 Å². The first-order chi connectivity index (χ1) is 13.7. The van der Waals surface area contributed by atoms with Gasteiger partial charge in [0.05, 0.1) is 24.7 Å². The van der Waals surface area contributed by atoms with Crippen molar-refractivity contribution in [3.05, 3.63) is 29.3 Å². The zero-order valence-electron chi connectivity index (χ0n) is 18.7. The van der Waals surface area contributed by atoms with E-state index in [1.165, 1.54) is 17.9 Å². The zero-order chi connectivity index (χ0) is 23.1. The molecule has 0 heterocycles. The fraction of sp³-hybridized carbons (Fsp3) is 0.545. The molecule has 0 aliphatic rings. The summed E-state index contributed by atoms with van der Waals surface area (Å²) < 4.78 is 15.9. The van der Waals surface area contributed by atoms with Gasteiger partial charge in [0.15, 0.2) is 0 Å². The first-order valence-corrected chi connectivity index (χ1v) is 9.56. The molecule has 0 amide bonds. The van der Waals surface area contributed by atoms with Crippen LogP contribution in [0.4, 0.5) is 0 Å². The molecule has 164 valence electrons. The molecular formula is C22H30N2O6. The summed E-state index contributed by atoms with van der Waals surface area (Å²) in [6, 6.07) is 6.61. The van der Waals surface area contributed by atoms with Gasteiger partial charge < -0.3 is 14.2 Å². The molecule has 0 atom stereocenters. The summed E-state index contributed by atoms with van der Waals surface area (Å²) in [6.07, 6.45) is 0. The van der Waals surface area contributed by atoms with Gasteiger partial charge in [-0.05, 0) is 53.7 Å².